The first kappa shape index (κ1) is 20.3. The first-order valence-corrected chi connectivity index (χ1v) is 9.53. The minimum atomic E-state index is -0.941. The number of aromatic nitrogens is 1. The van der Waals surface area contributed by atoms with Crippen LogP contribution in [0.1, 0.15) is 28.5 Å². The lowest BCUT2D eigenvalue weighted by Crippen LogP contribution is -2.46. The summed E-state index contributed by atoms with van der Waals surface area (Å²) >= 11 is 0. The van der Waals surface area contributed by atoms with Gasteiger partial charge in [0.15, 0.2) is 0 Å². The summed E-state index contributed by atoms with van der Waals surface area (Å²) in [6, 6.07) is 15.8. The second-order valence-corrected chi connectivity index (χ2v) is 6.83. The highest BCUT2D eigenvalue weighted by Gasteiger charge is 2.29. The lowest BCUT2D eigenvalue weighted by molar-refractivity contribution is -0.146. The average molecular weight is 392 g/mol. The molecule has 0 aliphatic heterocycles. The fourth-order valence-corrected chi connectivity index (χ4v) is 3.43. The molecule has 1 heterocycles. The Hall–Kier alpha value is -3.41. The summed E-state index contributed by atoms with van der Waals surface area (Å²) in [7, 11) is 1.85. The van der Waals surface area contributed by atoms with Crippen LogP contribution in [-0.2, 0) is 27.8 Å². The van der Waals surface area contributed by atoms with E-state index >= 15 is 0 Å². The van der Waals surface area contributed by atoms with Crippen LogP contribution in [0.5, 0.6) is 0 Å². The van der Waals surface area contributed by atoms with E-state index in [0.29, 0.717) is 16.6 Å². The van der Waals surface area contributed by atoms with E-state index in [-0.39, 0.29) is 13.0 Å². The van der Waals surface area contributed by atoms with Gasteiger partial charge in [0.25, 0.3) is 11.7 Å². The van der Waals surface area contributed by atoms with Crippen molar-refractivity contribution in [1.29, 1.82) is 0 Å². The van der Waals surface area contributed by atoms with Gasteiger partial charge in [-0.3, -0.25) is 9.59 Å². The lowest BCUT2D eigenvalue weighted by Gasteiger charge is -2.17. The van der Waals surface area contributed by atoms with E-state index in [1.807, 2.05) is 66.2 Å². The van der Waals surface area contributed by atoms with Gasteiger partial charge in [0, 0.05) is 30.1 Å². The van der Waals surface area contributed by atoms with Crippen molar-refractivity contribution in [3.63, 3.8) is 0 Å². The van der Waals surface area contributed by atoms with Gasteiger partial charge in [-0.05, 0) is 25.5 Å². The number of para-hydroxylation sites is 1. The van der Waals surface area contributed by atoms with Crippen molar-refractivity contribution in [1.82, 2.24) is 9.88 Å². The molecule has 0 saturated heterocycles. The molecule has 29 heavy (non-hydrogen) atoms. The summed E-state index contributed by atoms with van der Waals surface area (Å²) in [6.07, 6.45) is 0.243. The number of Topliss-reactive ketones (excluding diaryl/α,β-unsaturated/α-hetero) is 1. The molecule has 1 aromatic heterocycles. The van der Waals surface area contributed by atoms with Crippen LogP contribution < -0.4 is 5.32 Å². The number of benzene rings is 2. The molecular weight excluding hydrogens is 368 g/mol. The predicted molar refractivity (Wildman–Crippen MR) is 111 cm³/mol. The normalized spacial score (nSPS) is 11.8. The number of nitrogens with one attached hydrogen (secondary N) is 1. The Bertz CT molecular complexity index is 1050. The van der Waals surface area contributed by atoms with E-state index in [4.69, 9.17) is 4.74 Å². The van der Waals surface area contributed by atoms with E-state index in [2.05, 4.69) is 5.32 Å². The van der Waals surface area contributed by atoms with Crippen LogP contribution in [0.4, 0.5) is 0 Å². The molecule has 0 aliphatic rings. The maximum absolute atomic E-state index is 13.0. The Labute approximate surface area is 169 Å². The number of ether oxygens (including phenoxy) is 1. The van der Waals surface area contributed by atoms with Crippen LogP contribution in [0.15, 0.2) is 54.6 Å². The molecule has 1 atom stereocenters. The second-order valence-electron chi connectivity index (χ2n) is 6.83. The molecule has 150 valence electrons. The summed E-state index contributed by atoms with van der Waals surface area (Å²) < 4.78 is 6.97. The van der Waals surface area contributed by atoms with Gasteiger partial charge in [0.05, 0.1) is 12.2 Å². The molecule has 0 radical (unpaired) electrons. The van der Waals surface area contributed by atoms with Crippen molar-refractivity contribution < 1.29 is 19.1 Å². The first-order chi connectivity index (χ1) is 13.9. The zero-order valence-corrected chi connectivity index (χ0v) is 16.8. The largest absolute Gasteiger partial charge is 0.464 e. The van der Waals surface area contributed by atoms with Gasteiger partial charge >= 0.3 is 5.97 Å². The molecule has 0 saturated carbocycles. The van der Waals surface area contributed by atoms with Crippen molar-refractivity contribution in [2.75, 3.05) is 6.61 Å². The number of hydrogen-bond acceptors (Lipinski definition) is 4. The minimum absolute atomic E-state index is 0.191. The van der Waals surface area contributed by atoms with Crippen LogP contribution in [0.3, 0.4) is 0 Å². The molecule has 3 aromatic rings. The van der Waals surface area contributed by atoms with E-state index in [1.54, 1.807) is 13.8 Å². The average Bonchev–Trinajstić information content (AvgIpc) is 2.98. The smallest absolute Gasteiger partial charge is 0.328 e. The van der Waals surface area contributed by atoms with Crippen molar-refractivity contribution in [2.45, 2.75) is 26.3 Å². The SMILES string of the molecule is CCOC(=O)[C@H](Cc1ccccc1)NC(=O)C(=O)c1c(C)n(C)c2ccccc12. The fraction of sp³-hybridized carbons (Fsp3) is 0.261. The molecule has 3 rings (SSSR count). The highest BCUT2D eigenvalue weighted by atomic mass is 16.5. The zero-order valence-electron chi connectivity index (χ0n) is 16.8. The summed E-state index contributed by atoms with van der Waals surface area (Å²) in [5.74, 6) is -2.05. The third kappa shape index (κ3) is 4.21. The number of carbonyl (C=O) groups is 3. The Morgan fingerprint density at radius 3 is 2.38 bits per heavy atom. The minimum Gasteiger partial charge on any atom is -0.464 e. The topological polar surface area (TPSA) is 77.4 Å². The number of hydrogen-bond donors (Lipinski definition) is 1. The Balaban J connectivity index is 1.87. The van der Waals surface area contributed by atoms with E-state index in [9.17, 15) is 14.4 Å². The Morgan fingerprint density at radius 2 is 1.69 bits per heavy atom. The molecule has 0 fully saturated rings. The summed E-state index contributed by atoms with van der Waals surface area (Å²) in [6.45, 7) is 3.69. The van der Waals surface area contributed by atoms with Gasteiger partial charge in [0.1, 0.15) is 6.04 Å². The maximum atomic E-state index is 13.0. The fourth-order valence-electron chi connectivity index (χ4n) is 3.43. The Kier molecular flexibility index (Phi) is 6.12. The second kappa shape index (κ2) is 8.73. The number of fused-ring (bicyclic) bond motifs is 1. The van der Waals surface area contributed by atoms with Crippen LogP contribution in [0.25, 0.3) is 10.9 Å². The van der Waals surface area contributed by atoms with Crippen molar-refractivity contribution in [3.8, 4) is 0 Å². The summed E-state index contributed by atoms with van der Waals surface area (Å²) in [5, 5.41) is 3.29. The summed E-state index contributed by atoms with van der Waals surface area (Å²) in [4.78, 5) is 38.1. The van der Waals surface area contributed by atoms with Gasteiger partial charge in [-0.2, -0.15) is 0 Å². The first-order valence-electron chi connectivity index (χ1n) is 9.53. The molecule has 2 aromatic carbocycles. The van der Waals surface area contributed by atoms with Crippen LogP contribution in [-0.4, -0.2) is 34.9 Å². The molecular formula is C23H24N2O4. The highest BCUT2D eigenvalue weighted by Crippen LogP contribution is 2.25. The quantitative estimate of drug-likeness (QED) is 0.381. The van der Waals surface area contributed by atoms with Gasteiger partial charge in [-0.15, -0.1) is 0 Å². The number of esters is 1. The number of nitrogens with zero attached hydrogens (tertiary/aromatic N) is 1. The number of carbonyl (C=O) groups excluding carboxylic acids is 3. The number of aryl methyl sites for hydroxylation is 1. The predicted octanol–water partition coefficient (Wildman–Crippen LogP) is 2.96. The molecule has 6 heteroatoms. The van der Waals surface area contributed by atoms with Gasteiger partial charge in [-0.25, -0.2) is 4.79 Å². The molecule has 1 N–H and O–H groups in total. The molecule has 0 spiro atoms. The number of amides is 1. The lowest BCUT2D eigenvalue weighted by atomic mass is 10.0. The molecule has 6 nitrogen and oxygen atoms in total. The molecule has 0 aliphatic carbocycles. The zero-order chi connectivity index (χ0) is 21.0. The van der Waals surface area contributed by atoms with E-state index in [1.165, 1.54) is 0 Å². The third-order valence-corrected chi connectivity index (χ3v) is 4.99. The van der Waals surface area contributed by atoms with Crippen LogP contribution in [0.2, 0.25) is 0 Å². The van der Waals surface area contributed by atoms with Crippen molar-refractivity contribution in [2.24, 2.45) is 7.05 Å². The van der Waals surface area contributed by atoms with Gasteiger partial charge < -0.3 is 14.6 Å². The summed E-state index contributed by atoms with van der Waals surface area (Å²) in [5.41, 5.74) is 2.78. The van der Waals surface area contributed by atoms with E-state index in [0.717, 1.165) is 11.1 Å². The van der Waals surface area contributed by atoms with Crippen molar-refractivity contribution >= 4 is 28.6 Å². The molecule has 1 amide bonds. The van der Waals surface area contributed by atoms with Gasteiger partial charge in [0.2, 0.25) is 0 Å². The maximum Gasteiger partial charge on any atom is 0.328 e. The van der Waals surface area contributed by atoms with Crippen LogP contribution >= 0.6 is 0 Å². The van der Waals surface area contributed by atoms with Gasteiger partial charge in [-0.1, -0.05) is 48.5 Å². The highest BCUT2D eigenvalue weighted by molar-refractivity contribution is 6.45. The Morgan fingerprint density at radius 1 is 1.03 bits per heavy atom. The number of ketones is 1. The van der Waals surface area contributed by atoms with Crippen molar-refractivity contribution in [3.05, 3.63) is 71.4 Å². The van der Waals surface area contributed by atoms with E-state index < -0.39 is 23.7 Å². The number of rotatable bonds is 7. The monoisotopic (exact) mass is 392 g/mol. The third-order valence-electron chi connectivity index (χ3n) is 4.99. The molecule has 0 unspecified atom stereocenters. The standard InChI is InChI=1S/C23H24N2O4/c1-4-29-23(28)18(14-16-10-6-5-7-11-16)24-22(27)21(26)20-15(2)25(3)19-13-9-8-12-17(19)20/h5-13,18H,4,14H2,1-3H3,(H,24,27)/t18-/m0/s1. The molecule has 0 bridgehead atoms. The van der Waals surface area contributed by atoms with Crippen LogP contribution in [0, 0.1) is 6.92 Å².